The van der Waals surface area contributed by atoms with Crippen molar-refractivity contribution in [1.29, 1.82) is 0 Å². The second-order valence-corrected chi connectivity index (χ2v) is 7.37. The van der Waals surface area contributed by atoms with Crippen molar-refractivity contribution in [2.45, 2.75) is 36.7 Å². The van der Waals surface area contributed by atoms with Crippen LogP contribution in [0.2, 0.25) is 5.02 Å². The molecule has 1 aliphatic rings. The third-order valence-electron chi connectivity index (χ3n) is 3.56. The van der Waals surface area contributed by atoms with Crippen LogP contribution in [0, 0.1) is 5.92 Å². The Morgan fingerprint density at radius 1 is 1.40 bits per heavy atom. The van der Waals surface area contributed by atoms with Crippen LogP contribution >= 0.6 is 11.6 Å². The van der Waals surface area contributed by atoms with Crippen molar-refractivity contribution in [2.24, 2.45) is 5.92 Å². The van der Waals surface area contributed by atoms with Gasteiger partial charge in [0.2, 0.25) is 10.0 Å². The van der Waals surface area contributed by atoms with Gasteiger partial charge >= 0.3 is 0 Å². The van der Waals surface area contributed by atoms with Crippen LogP contribution in [-0.2, 0) is 10.0 Å². The number of hydrogen-bond donors (Lipinski definition) is 3. The maximum atomic E-state index is 12.2. The van der Waals surface area contributed by atoms with E-state index in [0.29, 0.717) is 18.7 Å². The first-order valence-electron chi connectivity index (χ1n) is 6.61. The molecule has 0 aliphatic heterocycles. The standard InChI is InChI=1S/C13H19ClN2O3S/c14-12-7-10(15)4-5-13(12)20(18,19)16-8-9-2-1-3-11(17)6-9/h4-5,7,9,11,16-17H,1-3,6,8,15H2. The van der Waals surface area contributed by atoms with Crippen LogP contribution in [0.3, 0.4) is 0 Å². The van der Waals surface area contributed by atoms with E-state index in [1.807, 2.05) is 0 Å². The molecule has 112 valence electrons. The molecule has 4 N–H and O–H groups in total. The van der Waals surface area contributed by atoms with E-state index >= 15 is 0 Å². The molecule has 7 heteroatoms. The van der Waals surface area contributed by atoms with E-state index in [4.69, 9.17) is 17.3 Å². The average molecular weight is 319 g/mol. The number of aliphatic hydroxyl groups excluding tert-OH is 1. The summed E-state index contributed by atoms with van der Waals surface area (Å²) in [5.41, 5.74) is 5.97. The van der Waals surface area contributed by atoms with Crippen molar-refractivity contribution >= 4 is 27.3 Å². The van der Waals surface area contributed by atoms with E-state index in [9.17, 15) is 13.5 Å². The normalized spacial score (nSPS) is 23.7. The molecule has 2 atom stereocenters. The van der Waals surface area contributed by atoms with Gasteiger partial charge in [-0.3, -0.25) is 0 Å². The van der Waals surface area contributed by atoms with Crippen LogP contribution in [-0.4, -0.2) is 26.2 Å². The molecule has 5 nitrogen and oxygen atoms in total. The molecule has 1 aromatic carbocycles. The number of aliphatic hydroxyl groups is 1. The lowest BCUT2D eigenvalue weighted by atomic mass is 9.87. The van der Waals surface area contributed by atoms with Crippen molar-refractivity contribution in [3.8, 4) is 0 Å². The van der Waals surface area contributed by atoms with Gasteiger partial charge in [-0.15, -0.1) is 0 Å². The van der Waals surface area contributed by atoms with Gasteiger partial charge in [-0.2, -0.15) is 0 Å². The minimum absolute atomic E-state index is 0.0322. The molecule has 1 aliphatic carbocycles. The highest BCUT2D eigenvalue weighted by atomic mass is 35.5. The molecule has 0 aromatic heterocycles. The third kappa shape index (κ3) is 3.85. The Hall–Kier alpha value is -0.820. The Morgan fingerprint density at radius 2 is 2.15 bits per heavy atom. The Kier molecular flexibility index (Phi) is 4.90. The van der Waals surface area contributed by atoms with Gasteiger partial charge in [0.15, 0.2) is 0 Å². The fourth-order valence-corrected chi connectivity index (χ4v) is 4.16. The SMILES string of the molecule is Nc1ccc(S(=O)(=O)NCC2CCCC(O)C2)c(Cl)c1. The number of hydrogen-bond acceptors (Lipinski definition) is 4. The first-order valence-corrected chi connectivity index (χ1v) is 8.47. The summed E-state index contributed by atoms with van der Waals surface area (Å²) < 4.78 is 26.9. The highest BCUT2D eigenvalue weighted by Crippen LogP contribution is 2.26. The molecule has 0 bridgehead atoms. The minimum atomic E-state index is -3.64. The zero-order valence-corrected chi connectivity index (χ0v) is 12.6. The first-order chi connectivity index (χ1) is 9.38. The largest absolute Gasteiger partial charge is 0.399 e. The summed E-state index contributed by atoms with van der Waals surface area (Å²) in [6.07, 6.45) is 2.97. The van der Waals surface area contributed by atoms with Crippen LogP contribution < -0.4 is 10.5 Å². The summed E-state index contributed by atoms with van der Waals surface area (Å²) in [5.74, 6) is 0.168. The fourth-order valence-electron chi connectivity index (χ4n) is 2.49. The monoisotopic (exact) mass is 318 g/mol. The molecule has 1 fully saturated rings. The molecule has 0 amide bonds. The Bertz CT molecular complexity index is 577. The van der Waals surface area contributed by atoms with Crippen LogP contribution in [0.15, 0.2) is 23.1 Å². The molecular formula is C13H19ClN2O3S. The molecule has 1 aromatic rings. The van der Waals surface area contributed by atoms with Gasteiger partial charge in [0, 0.05) is 12.2 Å². The van der Waals surface area contributed by atoms with Gasteiger partial charge < -0.3 is 10.8 Å². The number of nitrogens with two attached hydrogens (primary N) is 1. The summed E-state index contributed by atoms with van der Waals surface area (Å²) in [5, 5.41) is 9.70. The Labute approximate surface area is 124 Å². The molecule has 0 saturated heterocycles. The zero-order valence-electron chi connectivity index (χ0n) is 11.0. The maximum Gasteiger partial charge on any atom is 0.242 e. The quantitative estimate of drug-likeness (QED) is 0.737. The molecule has 2 unspecified atom stereocenters. The molecule has 0 heterocycles. The van der Waals surface area contributed by atoms with Gasteiger partial charge in [0.05, 0.1) is 11.1 Å². The van der Waals surface area contributed by atoms with Crippen LogP contribution in [0.5, 0.6) is 0 Å². The number of benzene rings is 1. The third-order valence-corrected chi connectivity index (χ3v) is 5.47. The van der Waals surface area contributed by atoms with E-state index in [1.54, 1.807) is 0 Å². The van der Waals surface area contributed by atoms with Crippen LogP contribution in [0.1, 0.15) is 25.7 Å². The van der Waals surface area contributed by atoms with Crippen molar-refractivity contribution in [2.75, 3.05) is 12.3 Å². The zero-order chi connectivity index (χ0) is 14.8. The summed E-state index contributed by atoms with van der Waals surface area (Å²) >= 11 is 5.92. The molecule has 0 spiro atoms. The molecular weight excluding hydrogens is 300 g/mol. The number of rotatable bonds is 4. The molecule has 2 rings (SSSR count). The number of nitrogens with one attached hydrogen (secondary N) is 1. The van der Waals surface area contributed by atoms with Crippen molar-refractivity contribution in [3.05, 3.63) is 23.2 Å². The smallest absolute Gasteiger partial charge is 0.242 e. The lowest BCUT2D eigenvalue weighted by Crippen LogP contribution is -2.33. The number of anilines is 1. The minimum Gasteiger partial charge on any atom is -0.399 e. The Morgan fingerprint density at radius 3 is 2.80 bits per heavy atom. The van der Waals surface area contributed by atoms with Gasteiger partial charge in [0.25, 0.3) is 0 Å². The summed E-state index contributed by atoms with van der Waals surface area (Å²) in [7, 11) is -3.64. The van der Waals surface area contributed by atoms with Crippen molar-refractivity contribution in [3.63, 3.8) is 0 Å². The van der Waals surface area contributed by atoms with Crippen LogP contribution in [0.4, 0.5) is 5.69 Å². The van der Waals surface area contributed by atoms with Gasteiger partial charge in [-0.05, 0) is 43.4 Å². The molecule has 1 saturated carbocycles. The fraction of sp³-hybridized carbons (Fsp3) is 0.538. The van der Waals surface area contributed by atoms with E-state index in [-0.39, 0.29) is 21.9 Å². The average Bonchev–Trinajstić information content (AvgIpc) is 2.36. The van der Waals surface area contributed by atoms with Gasteiger partial charge in [-0.1, -0.05) is 18.0 Å². The lowest BCUT2D eigenvalue weighted by Gasteiger charge is -2.25. The van der Waals surface area contributed by atoms with Crippen molar-refractivity contribution < 1.29 is 13.5 Å². The number of nitrogen functional groups attached to an aromatic ring is 1. The van der Waals surface area contributed by atoms with Crippen molar-refractivity contribution in [1.82, 2.24) is 4.72 Å². The van der Waals surface area contributed by atoms with E-state index in [2.05, 4.69) is 4.72 Å². The first kappa shape index (κ1) is 15.6. The summed E-state index contributed by atoms with van der Waals surface area (Å²) in [4.78, 5) is 0.0322. The summed E-state index contributed by atoms with van der Waals surface area (Å²) in [6.45, 7) is 0.320. The second-order valence-electron chi connectivity index (χ2n) is 5.23. The predicted molar refractivity (Wildman–Crippen MR) is 79.0 cm³/mol. The topological polar surface area (TPSA) is 92.4 Å². The molecule has 0 radical (unpaired) electrons. The van der Waals surface area contributed by atoms with E-state index < -0.39 is 10.0 Å². The van der Waals surface area contributed by atoms with E-state index in [1.165, 1.54) is 18.2 Å². The van der Waals surface area contributed by atoms with Crippen LogP contribution in [0.25, 0.3) is 0 Å². The number of halogens is 1. The summed E-state index contributed by atoms with van der Waals surface area (Å²) in [6, 6.07) is 4.32. The molecule has 20 heavy (non-hydrogen) atoms. The van der Waals surface area contributed by atoms with Gasteiger partial charge in [0.1, 0.15) is 4.90 Å². The Balaban J connectivity index is 2.03. The number of sulfonamides is 1. The van der Waals surface area contributed by atoms with Gasteiger partial charge in [-0.25, -0.2) is 13.1 Å². The lowest BCUT2D eigenvalue weighted by molar-refractivity contribution is 0.102. The highest BCUT2D eigenvalue weighted by Gasteiger charge is 2.23. The second kappa shape index (κ2) is 6.30. The maximum absolute atomic E-state index is 12.2. The predicted octanol–water partition coefficient (Wildman–Crippen LogP) is 1.75. The highest BCUT2D eigenvalue weighted by molar-refractivity contribution is 7.89. The van der Waals surface area contributed by atoms with E-state index in [0.717, 1.165) is 19.3 Å².